The topological polar surface area (TPSA) is 92.8 Å². The quantitative estimate of drug-likeness (QED) is 0.763. The minimum atomic E-state index is -0.456. The minimum absolute atomic E-state index is 0.154. The summed E-state index contributed by atoms with van der Waals surface area (Å²) in [4.78, 5) is 32.6. The van der Waals surface area contributed by atoms with Gasteiger partial charge in [-0.2, -0.15) is 0 Å². The third kappa shape index (κ3) is 1.76. The van der Waals surface area contributed by atoms with Gasteiger partial charge in [0, 0.05) is 20.1 Å². The van der Waals surface area contributed by atoms with Crippen LogP contribution in [0.3, 0.4) is 0 Å². The first-order chi connectivity index (χ1) is 8.65. The van der Waals surface area contributed by atoms with E-state index in [0.717, 1.165) is 19.4 Å². The molecular formula is C11H14N4O3. The number of aryl methyl sites for hydroxylation is 1. The van der Waals surface area contributed by atoms with E-state index in [1.807, 2.05) is 0 Å². The molecule has 2 aromatic heterocycles. The fourth-order valence-corrected chi connectivity index (χ4v) is 2.27. The molecule has 96 valence electrons. The van der Waals surface area contributed by atoms with Crippen molar-refractivity contribution in [3.05, 3.63) is 26.7 Å². The Labute approximate surface area is 102 Å². The van der Waals surface area contributed by atoms with Gasteiger partial charge in [0.25, 0.3) is 5.56 Å². The summed E-state index contributed by atoms with van der Waals surface area (Å²) < 4.78 is 6.85. The van der Waals surface area contributed by atoms with Crippen LogP contribution in [0.15, 0.2) is 9.59 Å². The molecule has 0 aliphatic carbocycles. The molecule has 0 radical (unpaired) electrons. The van der Waals surface area contributed by atoms with Gasteiger partial charge >= 0.3 is 5.69 Å². The Hall–Kier alpha value is -1.89. The van der Waals surface area contributed by atoms with Gasteiger partial charge in [-0.05, 0) is 12.8 Å². The molecule has 1 unspecified atom stereocenters. The van der Waals surface area contributed by atoms with Crippen LogP contribution in [0.5, 0.6) is 0 Å². The number of rotatable bonds is 2. The van der Waals surface area contributed by atoms with E-state index in [1.165, 1.54) is 4.57 Å². The predicted molar refractivity (Wildman–Crippen MR) is 64.6 cm³/mol. The van der Waals surface area contributed by atoms with Crippen molar-refractivity contribution in [1.82, 2.24) is 19.5 Å². The maximum absolute atomic E-state index is 11.6. The zero-order valence-electron chi connectivity index (χ0n) is 10.0. The van der Waals surface area contributed by atoms with Gasteiger partial charge in [-0.1, -0.05) is 0 Å². The standard InChI is InChI=1S/C11H14N4O3/c1-15-9-8(10(16)14-11(15)17)12-7(13-9)5-6-3-2-4-18-6/h6H,2-5H2,1H3,(H,12,13)(H,14,16,17). The van der Waals surface area contributed by atoms with Crippen LogP contribution in [-0.4, -0.2) is 32.2 Å². The molecule has 0 amide bonds. The number of hydrogen-bond donors (Lipinski definition) is 2. The summed E-state index contributed by atoms with van der Waals surface area (Å²) in [6.45, 7) is 0.782. The van der Waals surface area contributed by atoms with Crippen LogP contribution in [-0.2, 0) is 18.2 Å². The van der Waals surface area contributed by atoms with Gasteiger partial charge < -0.3 is 9.72 Å². The highest BCUT2D eigenvalue weighted by Gasteiger charge is 2.19. The molecule has 1 aliphatic heterocycles. The Morgan fingerprint density at radius 2 is 2.28 bits per heavy atom. The molecule has 1 atom stereocenters. The van der Waals surface area contributed by atoms with Crippen molar-refractivity contribution in [2.75, 3.05) is 6.61 Å². The monoisotopic (exact) mass is 250 g/mol. The van der Waals surface area contributed by atoms with Crippen LogP contribution in [0, 0.1) is 0 Å². The lowest BCUT2D eigenvalue weighted by molar-refractivity contribution is 0.110. The van der Waals surface area contributed by atoms with Gasteiger partial charge in [0.1, 0.15) is 11.3 Å². The summed E-state index contributed by atoms with van der Waals surface area (Å²) in [7, 11) is 1.58. The third-order valence-electron chi connectivity index (χ3n) is 3.25. The first kappa shape index (κ1) is 11.2. The van der Waals surface area contributed by atoms with Crippen LogP contribution in [0.1, 0.15) is 18.7 Å². The van der Waals surface area contributed by atoms with Crippen LogP contribution in [0.25, 0.3) is 11.2 Å². The molecule has 7 heteroatoms. The number of aromatic nitrogens is 4. The van der Waals surface area contributed by atoms with Crippen molar-refractivity contribution in [2.45, 2.75) is 25.4 Å². The van der Waals surface area contributed by atoms with E-state index >= 15 is 0 Å². The Morgan fingerprint density at radius 1 is 1.44 bits per heavy atom. The number of hydrogen-bond acceptors (Lipinski definition) is 4. The average molecular weight is 250 g/mol. The summed E-state index contributed by atoms with van der Waals surface area (Å²) in [5, 5.41) is 0. The fraction of sp³-hybridized carbons (Fsp3) is 0.545. The molecule has 2 aromatic rings. The highest BCUT2D eigenvalue weighted by Crippen LogP contribution is 2.16. The van der Waals surface area contributed by atoms with Gasteiger partial charge in [-0.15, -0.1) is 0 Å². The van der Waals surface area contributed by atoms with Crippen molar-refractivity contribution in [1.29, 1.82) is 0 Å². The summed E-state index contributed by atoms with van der Waals surface area (Å²) in [5.74, 6) is 0.684. The molecule has 7 nitrogen and oxygen atoms in total. The second-order valence-corrected chi connectivity index (χ2v) is 4.54. The van der Waals surface area contributed by atoms with Gasteiger partial charge in [-0.3, -0.25) is 14.3 Å². The lowest BCUT2D eigenvalue weighted by Crippen LogP contribution is -2.28. The molecule has 2 N–H and O–H groups in total. The number of fused-ring (bicyclic) bond motifs is 1. The van der Waals surface area contributed by atoms with Crippen molar-refractivity contribution < 1.29 is 4.74 Å². The molecule has 0 aromatic carbocycles. The normalized spacial score (nSPS) is 19.7. The molecule has 0 spiro atoms. The zero-order chi connectivity index (χ0) is 12.7. The Balaban J connectivity index is 2.05. The number of H-pyrrole nitrogens is 2. The Bertz CT molecular complexity index is 690. The van der Waals surface area contributed by atoms with E-state index in [1.54, 1.807) is 7.05 Å². The molecule has 3 rings (SSSR count). The smallest absolute Gasteiger partial charge is 0.329 e. The molecule has 1 aliphatic rings. The summed E-state index contributed by atoms with van der Waals surface area (Å²) in [5.41, 5.74) is -0.163. The van der Waals surface area contributed by atoms with Crippen molar-refractivity contribution >= 4 is 11.2 Å². The van der Waals surface area contributed by atoms with E-state index in [9.17, 15) is 9.59 Å². The number of aromatic amines is 2. The Kier molecular flexibility index (Phi) is 2.55. The lowest BCUT2D eigenvalue weighted by Gasteiger charge is -2.05. The van der Waals surface area contributed by atoms with Crippen molar-refractivity contribution in [3.8, 4) is 0 Å². The summed E-state index contributed by atoms with van der Waals surface area (Å²) in [6.07, 6.45) is 2.86. The first-order valence-corrected chi connectivity index (χ1v) is 5.94. The van der Waals surface area contributed by atoms with Crippen LogP contribution < -0.4 is 11.2 Å². The molecular weight excluding hydrogens is 236 g/mol. The van der Waals surface area contributed by atoms with Gasteiger partial charge in [-0.25, -0.2) is 9.78 Å². The third-order valence-corrected chi connectivity index (χ3v) is 3.25. The van der Waals surface area contributed by atoms with Crippen molar-refractivity contribution in [3.63, 3.8) is 0 Å². The lowest BCUT2D eigenvalue weighted by atomic mass is 10.2. The van der Waals surface area contributed by atoms with Crippen LogP contribution in [0.4, 0.5) is 0 Å². The maximum Gasteiger partial charge on any atom is 0.329 e. The molecule has 1 saturated heterocycles. The first-order valence-electron chi connectivity index (χ1n) is 5.94. The molecule has 1 fully saturated rings. The van der Waals surface area contributed by atoms with Gasteiger partial charge in [0.15, 0.2) is 5.65 Å². The molecule has 18 heavy (non-hydrogen) atoms. The Morgan fingerprint density at radius 3 is 3.00 bits per heavy atom. The van der Waals surface area contributed by atoms with Crippen molar-refractivity contribution in [2.24, 2.45) is 7.05 Å². The molecule has 0 saturated carbocycles. The average Bonchev–Trinajstić information content (AvgIpc) is 2.96. The highest BCUT2D eigenvalue weighted by atomic mass is 16.5. The minimum Gasteiger partial charge on any atom is -0.378 e. The SMILES string of the molecule is Cn1c(=O)[nH]c(=O)c2[nH]c(CC3CCCO3)nc21. The van der Waals surface area contributed by atoms with Crippen LogP contribution in [0.2, 0.25) is 0 Å². The number of ether oxygens (including phenoxy) is 1. The summed E-state index contributed by atoms with van der Waals surface area (Å²) in [6, 6.07) is 0. The predicted octanol–water partition coefficient (Wildman–Crippen LogP) is -0.329. The molecule has 3 heterocycles. The van der Waals surface area contributed by atoms with E-state index in [0.29, 0.717) is 23.4 Å². The largest absolute Gasteiger partial charge is 0.378 e. The van der Waals surface area contributed by atoms with E-state index in [4.69, 9.17) is 4.74 Å². The second-order valence-electron chi connectivity index (χ2n) is 4.54. The van der Waals surface area contributed by atoms with E-state index < -0.39 is 11.2 Å². The second kappa shape index (κ2) is 4.09. The van der Waals surface area contributed by atoms with E-state index in [-0.39, 0.29) is 6.10 Å². The maximum atomic E-state index is 11.6. The summed E-state index contributed by atoms with van der Waals surface area (Å²) >= 11 is 0. The highest BCUT2D eigenvalue weighted by molar-refractivity contribution is 5.69. The van der Waals surface area contributed by atoms with Gasteiger partial charge in [0.05, 0.1) is 6.10 Å². The number of nitrogens with one attached hydrogen (secondary N) is 2. The number of imidazole rings is 1. The number of nitrogens with zero attached hydrogens (tertiary/aromatic N) is 2. The zero-order valence-corrected chi connectivity index (χ0v) is 10.0. The van der Waals surface area contributed by atoms with E-state index in [2.05, 4.69) is 15.0 Å². The van der Waals surface area contributed by atoms with Gasteiger partial charge in [0.2, 0.25) is 0 Å². The fourth-order valence-electron chi connectivity index (χ4n) is 2.27. The van der Waals surface area contributed by atoms with Crippen LogP contribution >= 0.6 is 0 Å². The molecule has 0 bridgehead atoms.